The van der Waals surface area contributed by atoms with E-state index in [1.54, 1.807) is 6.20 Å². The van der Waals surface area contributed by atoms with Crippen molar-refractivity contribution >= 4 is 5.78 Å². The minimum atomic E-state index is -0.545. The van der Waals surface area contributed by atoms with Crippen molar-refractivity contribution in [2.24, 2.45) is 12.8 Å². The Hall–Kier alpha value is -1.16. The highest BCUT2D eigenvalue weighted by atomic mass is 16.1. The van der Waals surface area contributed by atoms with Gasteiger partial charge in [0.2, 0.25) is 0 Å². The fraction of sp³-hybridized carbons (Fsp3) is 0.692. The van der Waals surface area contributed by atoms with Crippen LogP contribution in [0, 0.1) is 0 Å². The largest absolute Gasteiger partial charge is 0.319 e. The van der Waals surface area contributed by atoms with Gasteiger partial charge in [0.1, 0.15) is 0 Å². The predicted molar refractivity (Wildman–Crippen MR) is 66.5 cm³/mol. The first-order valence-corrected chi connectivity index (χ1v) is 6.41. The van der Waals surface area contributed by atoms with Gasteiger partial charge in [0.25, 0.3) is 0 Å². The van der Waals surface area contributed by atoms with Crippen LogP contribution in [0.3, 0.4) is 0 Å². The quantitative estimate of drug-likeness (QED) is 0.862. The van der Waals surface area contributed by atoms with Crippen molar-refractivity contribution in [1.29, 1.82) is 0 Å². The number of nitrogens with zero attached hydrogens (tertiary/aromatic N) is 2. The van der Waals surface area contributed by atoms with Gasteiger partial charge >= 0.3 is 0 Å². The molecule has 1 aliphatic carbocycles. The molecule has 1 saturated carbocycles. The van der Waals surface area contributed by atoms with Gasteiger partial charge in [0.05, 0.1) is 5.54 Å². The summed E-state index contributed by atoms with van der Waals surface area (Å²) in [5, 5.41) is 4.10. The van der Waals surface area contributed by atoms with Crippen molar-refractivity contribution in [3.63, 3.8) is 0 Å². The van der Waals surface area contributed by atoms with E-state index in [2.05, 4.69) is 5.10 Å². The normalized spacial score (nSPS) is 19.2. The first-order chi connectivity index (χ1) is 8.12. The summed E-state index contributed by atoms with van der Waals surface area (Å²) in [5.41, 5.74) is 6.76. The number of Topliss-reactive ketones (excluding diaryl/α,β-unsaturated/α-hetero) is 1. The maximum absolute atomic E-state index is 12.2. The van der Waals surface area contributed by atoms with Gasteiger partial charge in [-0.1, -0.05) is 19.3 Å². The Bertz CT molecular complexity index is 391. The average molecular weight is 235 g/mol. The van der Waals surface area contributed by atoms with Gasteiger partial charge in [-0.25, -0.2) is 0 Å². The number of carbonyl (C=O) groups is 1. The molecule has 1 fully saturated rings. The zero-order valence-corrected chi connectivity index (χ0v) is 10.5. The predicted octanol–water partition coefficient (Wildman–Crippen LogP) is 1.58. The fourth-order valence-corrected chi connectivity index (χ4v) is 2.60. The molecule has 0 unspecified atom stereocenters. The monoisotopic (exact) mass is 235 g/mol. The van der Waals surface area contributed by atoms with E-state index < -0.39 is 5.54 Å². The molecule has 0 aliphatic heterocycles. The molecule has 0 radical (unpaired) electrons. The van der Waals surface area contributed by atoms with Crippen LogP contribution < -0.4 is 5.73 Å². The Balaban J connectivity index is 1.91. The number of rotatable bonds is 4. The van der Waals surface area contributed by atoms with Crippen LogP contribution in [0.2, 0.25) is 0 Å². The molecule has 1 aromatic heterocycles. The fourth-order valence-electron chi connectivity index (χ4n) is 2.60. The highest BCUT2D eigenvalue weighted by Gasteiger charge is 2.34. The molecule has 0 bridgehead atoms. The van der Waals surface area contributed by atoms with Crippen LogP contribution >= 0.6 is 0 Å². The molecule has 2 rings (SSSR count). The summed E-state index contributed by atoms with van der Waals surface area (Å²) in [6.07, 6.45) is 8.16. The minimum Gasteiger partial charge on any atom is -0.319 e. The molecular formula is C13H21N3O. The second-order valence-corrected chi connectivity index (χ2v) is 5.09. The van der Waals surface area contributed by atoms with Gasteiger partial charge in [0.15, 0.2) is 5.78 Å². The van der Waals surface area contributed by atoms with E-state index in [0.717, 1.165) is 37.8 Å². The lowest BCUT2D eigenvalue weighted by atomic mass is 9.78. The molecule has 17 heavy (non-hydrogen) atoms. The standard InChI is InChI=1S/C13H21N3O/c1-16-11(7-10-15-16)5-6-12(17)13(14)8-3-2-4-9-13/h7,10H,2-6,8-9,14H2,1H3. The van der Waals surface area contributed by atoms with E-state index >= 15 is 0 Å². The summed E-state index contributed by atoms with van der Waals surface area (Å²) < 4.78 is 1.82. The van der Waals surface area contributed by atoms with Crippen molar-refractivity contribution in [1.82, 2.24) is 9.78 Å². The summed E-state index contributed by atoms with van der Waals surface area (Å²) in [5.74, 6) is 0.221. The number of hydrogen-bond acceptors (Lipinski definition) is 3. The molecule has 94 valence electrons. The summed E-state index contributed by atoms with van der Waals surface area (Å²) >= 11 is 0. The summed E-state index contributed by atoms with van der Waals surface area (Å²) in [6, 6.07) is 1.96. The van der Waals surface area contributed by atoms with E-state index in [1.807, 2.05) is 17.8 Å². The third-order valence-electron chi connectivity index (χ3n) is 3.83. The van der Waals surface area contributed by atoms with E-state index in [0.29, 0.717) is 6.42 Å². The maximum Gasteiger partial charge on any atom is 0.153 e. The zero-order valence-electron chi connectivity index (χ0n) is 10.5. The molecule has 4 heteroatoms. The van der Waals surface area contributed by atoms with Gasteiger partial charge < -0.3 is 5.73 Å². The zero-order chi connectivity index (χ0) is 12.3. The van der Waals surface area contributed by atoms with Gasteiger partial charge in [-0.05, 0) is 25.3 Å². The number of aromatic nitrogens is 2. The summed E-state index contributed by atoms with van der Waals surface area (Å²) in [7, 11) is 1.90. The van der Waals surface area contributed by atoms with E-state index in [1.165, 1.54) is 6.42 Å². The molecule has 2 N–H and O–H groups in total. The van der Waals surface area contributed by atoms with Crippen LogP contribution in [0.5, 0.6) is 0 Å². The molecule has 1 aliphatic rings. The van der Waals surface area contributed by atoms with Gasteiger partial charge in [-0.15, -0.1) is 0 Å². The number of aryl methyl sites for hydroxylation is 2. The number of hydrogen-bond donors (Lipinski definition) is 1. The van der Waals surface area contributed by atoms with Crippen LogP contribution in [0.25, 0.3) is 0 Å². The number of carbonyl (C=O) groups excluding carboxylic acids is 1. The summed E-state index contributed by atoms with van der Waals surface area (Å²) in [6.45, 7) is 0. The first kappa shape index (κ1) is 12.3. The van der Waals surface area contributed by atoms with Crippen LogP contribution in [0.15, 0.2) is 12.3 Å². The molecule has 0 atom stereocenters. The van der Waals surface area contributed by atoms with Crippen LogP contribution in [-0.4, -0.2) is 21.1 Å². The molecule has 1 aromatic rings. The van der Waals surface area contributed by atoms with Crippen LogP contribution in [-0.2, 0) is 18.3 Å². The van der Waals surface area contributed by atoms with E-state index in [-0.39, 0.29) is 5.78 Å². The molecule has 0 amide bonds. The molecule has 0 saturated heterocycles. The molecule has 1 heterocycles. The van der Waals surface area contributed by atoms with E-state index in [9.17, 15) is 4.79 Å². The van der Waals surface area contributed by atoms with Gasteiger partial charge in [-0.2, -0.15) is 5.10 Å². The SMILES string of the molecule is Cn1nccc1CCC(=O)C1(N)CCCCC1. The van der Waals surface area contributed by atoms with E-state index in [4.69, 9.17) is 5.73 Å². The van der Waals surface area contributed by atoms with Crippen molar-refractivity contribution in [3.8, 4) is 0 Å². The van der Waals surface area contributed by atoms with Gasteiger partial charge in [-0.3, -0.25) is 9.48 Å². The Morgan fingerprint density at radius 2 is 2.18 bits per heavy atom. The molecule has 0 spiro atoms. The summed E-state index contributed by atoms with van der Waals surface area (Å²) in [4.78, 5) is 12.2. The lowest BCUT2D eigenvalue weighted by Crippen LogP contribution is -2.49. The van der Waals surface area contributed by atoms with Crippen LogP contribution in [0.1, 0.15) is 44.2 Å². The lowest BCUT2D eigenvalue weighted by Gasteiger charge is -2.31. The second kappa shape index (κ2) is 5.00. The highest BCUT2D eigenvalue weighted by molar-refractivity contribution is 5.88. The topological polar surface area (TPSA) is 60.9 Å². The first-order valence-electron chi connectivity index (χ1n) is 6.41. The lowest BCUT2D eigenvalue weighted by molar-refractivity contribution is -0.125. The Labute approximate surface area is 102 Å². The van der Waals surface area contributed by atoms with Crippen molar-refractivity contribution in [2.75, 3.05) is 0 Å². The smallest absolute Gasteiger partial charge is 0.153 e. The average Bonchev–Trinajstić information content (AvgIpc) is 2.73. The number of nitrogens with two attached hydrogens (primary N) is 1. The Kier molecular flexibility index (Phi) is 3.62. The van der Waals surface area contributed by atoms with Crippen molar-refractivity contribution in [2.45, 2.75) is 50.5 Å². The third-order valence-corrected chi connectivity index (χ3v) is 3.83. The molecule has 4 nitrogen and oxygen atoms in total. The number of ketones is 1. The minimum absolute atomic E-state index is 0.221. The Morgan fingerprint density at radius 1 is 1.47 bits per heavy atom. The molecule has 0 aromatic carbocycles. The molecular weight excluding hydrogens is 214 g/mol. The second-order valence-electron chi connectivity index (χ2n) is 5.09. The highest BCUT2D eigenvalue weighted by Crippen LogP contribution is 2.27. The Morgan fingerprint density at radius 3 is 2.76 bits per heavy atom. The van der Waals surface area contributed by atoms with Gasteiger partial charge in [0, 0.05) is 25.4 Å². The van der Waals surface area contributed by atoms with Crippen molar-refractivity contribution < 1.29 is 4.79 Å². The maximum atomic E-state index is 12.2. The third kappa shape index (κ3) is 2.75. The van der Waals surface area contributed by atoms with Crippen LogP contribution in [0.4, 0.5) is 0 Å². The van der Waals surface area contributed by atoms with Crippen molar-refractivity contribution in [3.05, 3.63) is 18.0 Å².